The second-order valence-corrected chi connectivity index (χ2v) is 6.04. The number of nitrogens with one attached hydrogen (secondary N) is 1. The Morgan fingerprint density at radius 2 is 2.07 bits per heavy atom. The van der Waals surface area contributed by atoms with E-state index in [9.17, 15) is 14.9 Å². The molecule has 1 amide bonds. The number of aromatic nitrogens is 2. The topological polar surface area (TPSA) is 109 Å². The van der Waals surface area contributed by atoms with Gasteiger partial charge in [0.1, 0.15) is 11.5 Å². The van der Waals surface area contributed by atoms with Crippen molar-refractivity contribution in [2.45, 2.75) is 6.73 Å². The van der Waals surface area contributed by atoms with E-state index in [1.807, 2.05) is 0 Å². The van der Waals surface area contributed by atoms with Crippen LogP contribution in [0.15, 0.2) is 54.7 Å². The summed E-state index contributed by atoms with van der Waals surface area (Å²) in [6, 6.07) is 12.4. The third kappa shape index (κ3) is 4.77. The minimum atomic E-state index is -0.569. The van der Waals surface area contributed by atoms with Crippen molar-refractivity contribution in [2.75, 3.05) is 12.4 Å². The van der Waals surface area contributed by atoms with Crippen molar-refractivity contribution >= 4 is 28.9 Å². The van der Waals surface area contributed by atoms with Crippen LogP contribution >= 0.6 is 11.6 Å². The minimum Gasteiger partial charge on any atom is -0.496 e. The van der Waals surface area contributed by atoms with E-state index in [1.54, 1.807) is 30.5 Å². The van der Waals surface area contributed by atoms with Crippen molar-refractivity contribution < 1.29 is 19.2 Å². The summed E-state index contributed by atoms with van der Waals surface area (Å²) in [5.41, 5.74) is 0.149. The van der Waals surface area contributed by atoms with Crippen molar-refractivity contribution in [3.05, 3.63) is 75.6 Å². The number of rotatable bonds is 7. The molecule has 0 aliphatic carbocycles. The van der Waals surface area contributed by atoms with Crippen LogP contribution in [0.25, 0.3) is 0 Å². The summed E-state index contributed by atoms with van der Waals surface area (Å²) in [4.78, 5) is 22.8. The van der Waals surface area contributed by atoms with E-state index in [0.29, 0.717) is 10.8 Å². The third-order valence-corrected chi connectivity index (χ3v) is 3.86. The summed E-state index contributed by atoms with van der Waals surface area (Å²) in [5.74, 6) is 0.298. The molecule has 0 saturated heterocycles. The molecule has 9 nitrogen and oxygen atoms in total. The highest BCUT2D eigenvalue weighted by Crippen LogP contribution is 2.26. The van der Waals surface area contributed by atoms with Crippen LogP contribution in [0.1, 0.15) is 10.5 Å². The lowest BCUT2D eigenvalue weighted by molar-refractivity contribution is -0.384. The maximum absolute atomic E-state index is 12.4. The van der Waals surface area contributed by atoms with E-state index in [4.69, 9.17) is 21.1 Å². The number of anilines is 1. The Labute approximate surface area is 164 Å². The first-order chi connectivity index (χ1) is 13.4. The zero-order valence-corrected chi connectivity index (χ0v) is 15.4. The van der Waals surface area contributed by atoms with E-state index in [0.717, 1.165) is 0 Å². The molecule has 3 rings (SSSR count). The largest absolute Gasteiger partial charge is 0.496 e. The smallest absolute Gasteiger partial charge is 0.276 e. The van der Waals surface area contributed by atoms with Crippen LogP contribution < -0.4 is 14.8 Å². The molecule has 28 heavy (non-hydrogen) atoms. The highest BCUT2D eigenvalue weighted by molar-refractivity contribution is 6.30. The summed E-state index contributed by atoms with van der Waals surface area (Å²) in [7, 11) is 1.38. The van der Waals surface area contributed by atoms with Gasteiger partial charge >= 0.3 is 0 Å². The number of non-ortho nitro benzene ring substituents is 1. The number of nitro benzene ring substituents is 1. The number of ether oxygens (including phenoxy) is 2. The average Bonchev–Trinajstić information content (AvgIpc) is 3.15. The van der Waals surface area contributed by atoms with Crippen molar-refractivity contribution in [2.24, 2.45) is 0 Å². The highest BCUT2D eigenvalue weighted by Gasteiger charge is 2.15. The number of benzene rings is 2. The molecule has 10 heteroatoms. The molecule has 0 aliphatic rings. The summed E-state index contributed by atoms with van der Waals surface area (Å²) < 4.78 is 12.0. The number of hydrogen-bond acceptors (Lipinski definition) is 6. The van der Waals surface area contributed by atoms with Crippen molar-refractivity contribution in [1.82, 2.24) is 9.78 Å². The van der Waals surface area contributed by atoms with Gasteiger partial charge in [-0.1, -0.05) is 17.7 Å². The van der Waals surface area contributed by atoms with Crippen LogP contribution in [0.5, 0.6) is 11.5 Å². The van der Waals surface area contributed by atoms with Crippen LogP contribution in [-0.2, 0) is 6.73 Å². The molecule has 0 atom stereocenters. The van der Waals surface area contributed by atoms with Crippen LogP contribution in [0.3, 0.4) is 0 Å². The quantitative estimate of drug-likeness (QED) is 0.476. The van der Waals surface area contributed by atoms with Crippen LogP contribution in [0, 0.1) is 10.1 Å². The van der Waals surface area contributed by atoms with E-state index in [2.05, 4.69) is 10.4 Å². The second kappa shape index (κ2) is 8.40. The molecule has 0 bridgehead atoms. The molecule has 0 fully saturated rings. The fourth-order valence-corrected chi connectivity index (χ4v) is 2.51. The van der Waals surface area contributed by atoms with Gasteiger partial charge in [0.05, 0.1) is 23.8 Å². The summed E-state index contributed by atoms with van der Waals surface area (Å²) in [6.07, 6.45) is 1.58. The maximum atomic E-state index is 12.4. The minimum absolute atomic E-state index is 0.0816. The molecule has 0 spiro atoms. The lowest BCUT2D eigenvalue weighted by Crippen LogP contribution is -2.14. The molecular weight excluding hydrogens is 388 g/mol. The molecule has 2 aromatic carbocycles. The Morgan fingerprint density at radius 3 is 2.79 bits per heavy atom. The van der Waals surface area contributed by atoms with E-state index in [1.165, 1.54) is 36.1 Å². The number of nitro groups is 1. The van der Waals surface area contributed by atoms with Crippen molar-refractivity contribution in [3.63, 3.8) is 0 Å². The predicted octanol–water partition coefficient (Wildman–Crippen LogP) is 3.74. The van der Waals surface area contributed by atoms with Gasteiger partial charge in [-0.25, -0.2) is 4.68 Å². The molecule has 144 valence electrons. The van der Waals surface area contributed by atoms with Crippen LogP contribution in [-0.4, -0.2) is 27.7 Å². The number of halogens is 1. The van der Waals surface area contributed by atoms with Gasteiger partial charge in [0.25, 0.3) is 11.6 Å². The van der Waals surface area contributed by atoms with Gasteiger partial charge in [-0.05, 0) is 24.3 Å². The number of hydrogen-bond donors (Lipinski definition) is 1. The van der Waals surface area contributed by atoms with Gasteiger partial charge in [-0.3, -0.25) is 14.9 Å². The second-order valence-electron chi connectivity index (χ2n) is 5.60. The van der Waals surface area contributed by atoms with Crippen molar-refractivity contribution in [1.29, 1.82) is 0 Å². The Hall–Kier alpha value is -3.59. The van der Waals surface area contributed by atoms with Crippen LogP contribution in [0.4, 0.5) is 11.4 Å². The third-order valence-electron chi connectivity index (χ3n) is 3.63. The maximum Gasteiger partial charge on any atom is 0.276 e. The average molecular weight is 403 g/mol. The van der Waals surface area contributed by atoms with E-state index < -0.39 is 10.8 Å². The number of carbonyl (C=O) groups excluding carboxylic acids is 1. The molecular formula is C18H15ClN4O5. The fraction of sp³-hybridized carbons (Fsp3) is 0.111. The van der Waals surface area contributed by atoms with Gasteiger partial charge < -0.3 is 14.8 Å². The Balaban J connectivity index is 1.67. The van der Waals surface area contributed by atoms with Crippen molar-refractivity contribution in [3.8, 4) is 11.5 Å². The van der Waals surface area contributed by atoms with Crippen LogP contribution in [0.2, 0.25) is 5.02 Å². The zero-order valence-electron chi connectivity index (χ0n) is 14.7. The number of carbonyl (C=O) groups is 1. The molecule has 1 heterocycles. The van der Waals surface area contributed by atoms with Gasteiger partial charge in [0.2, 0.25) is 0 Å². The molecule has 1 aromatic heterocycles. The lowest BCUT2D eigenvalue weighted by atomic mass is 10.2. The Bertz CT molecular complexity index is 1020. The molecule has 0 saturated carbocycles. The Morgan fingerprint density at radius 1 is 1.25 bits per heavy atom. The molecule has 0 aliphatic heterocycles. The highest BCUT2D eigenvalue weighted by atomic mass is 35.5. The molecule has 3 aromatic rings. The van der Waals surface area contributed by atoms with Gasteiger partial charge in [-0.2, -0.15) is 5.10 Å². The first-order valence-electron chi connectivity index (χ1n) is 8.01. The first-order valence-corrected chi connectivity index (χ1v) is 8.39. The summed E-state index contributed by atoms with van der Waals surface area (Å²) >= 11 is 5.90. The Kier molecular flexibility index (Phi) is 5.75. The van der Waals surface area contributed by atoms with Gasteiger partial charge in [0.15, 0.2) is 12.4 Å². The number of amides is 1. The number of methoxy groups -OCH3 is 1. The normalized spacial score (nSPS) is 10.4. The zero-order chi connectivity index (χ0) is 20.1. The SMILES string of the molecule is COc1cc(NC(=O)c2ccn(COc3cccc(Cl)c3)n2)cc([N+](=O)[O-])c1. The molecule has 1 N–H and O–H groups in total. The monoisotopic (exact) mass is 402 g/mol. The predicted molar refractivity (Wildman–Crippen MR) is 102 cm³/mol. The van der Waals surface area contributed by atoms with E-state index >= 15 is 0 Å². The first kappa shape index (κ1) is 19.2. The summed E-state index contributed by atoms with van der Waals surface area (Å²) in [6.45, 7) is 0.0816. The van der Waals surface area contributed by atoms with Gasteiger partial charge in [0, 0.05) is 23.4 Å². The number of nitrogens with zero attached hydrogens (tertiary/aromatic N) is 3. The summed E-state index contributed by atoms with van der Waals surface area (Å²) in [5, 5.41) is 18.2. The fourth-order valence-electron chi connectivity index (χ4n) is 2.33. The van der Waals surface area contributed by atoms with Gasteiger partial charge in [-0.15, -0.1) is 0 Å². The standard InChI is InChI=1S/C18H15ClN4O5/c1-27-16-9-13(8-14(10-16)23(25)26)20-18(24)17-5-6-22(21-17)11-28-15-4-2-3-12(19)7-15/h2-10H,11H2,1H3,(H,20,24). The molecule has 0 radical (unpaired) electrons. The molecule has 0 unspecified atom stereocenters. The lowest BCUT2D eigenvalue weighted by Gasteiger charge is -2.07. The van der Waals surface area contributed by atoms with E-state index in [-0.39, 0.29) is 29.5 Å².